The largest absolute Gasteiger partial charge is 0.330 e. The van der Waals surface area contributed by atoms with Crippen molar-refractivity contribution in [3.8, 4) is 11.8 Å². The molecule has 1 aromatic heterocycles. The maximum atomic E-state index is 8.71. The number of aromatic nitrogens is 2. The van der Waals surface area contributed by atoms with E-state index >= 15 is 0 Å². The summed E-state index contributed by atoms with van der Waals surface area (Å²) in [6, 6.07) is 9.49. The van der Waals surface area contributed by atoms with E-state index in [9.17, 15) is 0 Å². The lowest BCUT2D eigenvalue weighted by Gasteiger charge is -2.06. The van der Waals surface area contributed by atoms with Crippen LogP contribution in [-0.4, -0.2) is 16.1 Å². The van der Waals surface area contributed by atoms with Crippen molar-refractivity contribution in [2.45, 2.75) is 6.42 Å². The van der Waals surface area contributed by atoms with Crippen molar-refractivity contribution in [1.29, 1.82) is 5.26 Å². The monoisotopic (exact) mass is 212 g/mol. The van der Waals surface area contributed by atoms with Gasteiger partial charge in [-0.2, -0.15) is 5.26 Å². The molecule has 0 atom stereocenters. The lowest BCUT2D eigenvalue weighted by molar-refractivity contribution is 0.873. The minimum atomic E-state index is 0.599. The smallest absolute Gasteiger partial charge is 0.0994 e. The van der Waals surface area contributed by atoms with Gasteiger partial charge in [-0.1, -0.05) is 0 Å². The first-order chi connectivity index (χ1) is 7.85. The highest BCUT2D eigenvalue weighted by molar-refractivity contribution is 5.40. The fourth-order valence-corrected chi connectivity index (χ4v) is 1.58. The van der Waals surface area contributed by atoms with Crippen LogP contribution in [0.1, 0.15) is 11.3 Å². The van der Waals surface area contributed by atoms with Crippen LogP contribution in [0.15, 0.2) is 36.8 Å². The van der Waals surface area contributed by atoms with Crippen molar-refractivity contribution in [2.24, 2.45) is 5.73 Å². The average Bonchev–Trinajstić information content (AvgIpc) is 2.78. The van der Waals surface area contributed by atoms with E-state index in [0.29, 0.717) is 12.1 Å². The Balaban J connectivity index is 2.35. The minimum Gasteiger partial charge on any atom is -0.330 e. The summed E-state index contributed by atoms with van der Waals surface area (Å²) in [7, 11) is 0. The van der Waals surface area contributed by atoms with Crippen LogP contribution in [0.5, 0.6) is 0 Å². The number of nitrogens with zero attached hydrogens (tertiary/aromatic N) is 3. The molecule has 0 saturated carbocycles. The van der Waals surface area contributed by atoms with Gasteiger partial charge in [0.05, 0.1) is 18.0 Å². The van der Waals surface area contributed by atoms with Crippen molar-refractivity contribution in [3.63, 3.8) is 0 Å². The van der Waals surface area contributed by atoms with Gasteiger partial charge in [-0.25, -0.2) is 4.98 Å². The van der Waals surface area contributed by atoms with Gasteiger partial charge in [0.2, 0.25) is 0 Å². The van der Waals surface area contributed by atoms with E-state index < -0.39 is 0 Å². The summed E-state index contributed by atoms with van der Waals surface area (Å²) in [5, 5.41) is 8.71. The van der Waals surface area contributed by atoms with Gasteiger partial charge in [0.25, 0.3) is 0 Å². The number of hydrogen-bond donors (Lipinski definition) is 1. The molecule has 0 aliphatic heterocycles. The van der Waals surface area contributed by atoms with Gasteiger partial charge in [-0.15, -0.1) is 0 Å². The normalized spacial score (nSPS) is 10.0. The van der Waals surface area contributed by atoms with Crippen molar-refractivity contribution in [1.82, 2.24) is 9.55 Å². The fourth-order valence-electron chi connectivity index (χ4n) is 1.58. The topological polar surface area (TPSA) is 67.6 Å². The molecule has 0 radical (unpaired) electrons. The van der Waals surface area contributed by atoms with E-state index in [1.165, 1.54) is 0 Å². The highest BCUT2D eigenvalue weighted by Gasteiger charge is 2.03. The summed E-state index contributed by atoms with van der Waals surface area (Å²) in [5.74, 6) is 0. The van der Waals surface area contributed by atoms with Crippen molar-refractivity contribution in [2.75, 3.05) is 6.54 Å². The Kier molecular flexibility index (Phi) is 2.99. The Morgan fingerprint density at radius 2 is 2.06 bits per heavy atom. The van der Waals surface area contributed by atoms with Crippen molar-refractivity contribution >= 4 is 0 Å². The van der Waals surface area contributed by atoms with E-state index in [-0.39, 0.29) is 0 Å². The molecule has 1 aromatic carbocycles. The summed E-state index contributed by atoms with van der Waals surface area (Å²) in [5.41, 5.74) is 8.26. The molecule has 4 heteroatoms. The molecule has 0 aliphatic carbocycles. The summed E-state index contributed by atoms with van der Waals surface area (Å²) in [6.45, 7) is 0.599. The fraction of sp³-hybridized carbons (Fsp3) is 0.167. The minimum absolute atomic E-state index is 0.599. The highest BCUT2D eigenvalue weighted by atomic mass is 15.0. The van der Waals surface area contributed by atoms with Crippen LogP contribution in [0.4, 0.5) is 0 Å². The maximum Gasteiger partial charge on any atom is 0.0994 e. The van der Waals surface area contributed by atoms with Crippen LogP contribution >= 0.6 is 0 Å². The molecule has 0 spiro atoms. The number of nitriles is 1. The highest BCUT2D eigenvalue weighted by Crippen LogP contribution is 2.12. The van der Waals surface area contributed by atoms with Gasteiger partial charge >= 0.3 is 0 Å². The quantitative estimate of drug-likeness (QED) is 0.832. The number of imidazole rings is 1. The second-order valence-electron chi connectivity index (χ2n) is 3.45. The van der Waals surface area contributed by atoms with E-state index in [1.807, 2.05) is 22.9 Å². The second-order valence-corrected chi connectivity index (χ2v) is 3.45. The lowest BCUT2D eigenvalue weighted by atomic mass is 10.2. The molecule has 4 nitrogen and oxygen atoms in total. The lowest BCUT2D eigenvalue weighted by Crippen LogP contribution is -2.07. The maximum absolute atomic E-state index is 8.71. The Morgan fingerprint density at radius 3 is 2.69 bits per heavy atom. The average molecular weight is 212 g/mol. The number of nitrogens with two attached hydrogens (primary N) is 1. The third kappa shape index (κ3) is 1.95. The molecule has 0 fully saturated rings. The summed E-state index contributed by atoms with van der Waals surface area (Å²) < 4.78 is 1.98. The number of benzene rings is 1. The first-order valence-electron chi connectivity index (χ1n) is 5.07. The van der Waals surface area contributed by atoms with Crippen LogP contribution in [0.3, 0.4) is 0 Å². The molecular weight excluding hydrogens is 200 g/mol. The Hall–Kier alpha value is -2.12. The zero-order valence-corrected chi connectivity index (χ0v) is 8.80. The number of rotatable bonds is 3. The Bertz CT molecular complexity index is 505. The van der Waals surface area contributed by atoms with Gasteiger partial charge in [0, 0.05) is 24.0 Å². The molecule has 2 N–H and O–H groups in total. The van der Waals surface area contributed by atoms with Gasteiger partial charge in [-0.3, -0.25) is 0 Å². The molecule has 2 aromatic rings. The third-order valence-corrected chi connectivity index (χ3v) is 2.39. The molecule has 1 heterocycles. The zero-order chi connectivity index (χ0) is 11.4. The molecular formula is C12H12N4. The standard InChI is InChI=1S/C12H12N4/c13-6-5-12-8-15-9-16(12)11-3-1-10(7-14)2-4-11/h1-4,8-9H,5-6,13H2. The van der Waals surface area contributed by atoms with E-state index in [1.54, 1.807) is 18.5 Å². The van der Waals surface area contributed by atoms with E-state index in [2.05, 4.69) is 11.1 Å². The Labute approximate surface area is 94.0 Å². The van der Waals surface area contributed by atoms with Crippen LogP contribution in [-0.2, 0) is 6.42 Å². The van der Waals surface area contributed by atoms with E-state index in [0.717, 1.165) is 17.8 Å². The van der Waals surface area contributed by atoms with Gasteiger partial charge < -0.3 is 10.3 Å². The van der Waals surface area contributed by atoms with Crippen molar-refractivity contribution < 1.29 is 0 Å². The molecule has 0 unspecified atom stereocenters. The molecule has 80 valence electrons. The molecule has 0 aliphatic rings. The predicted octanol–water partition coefficient (Wildman–Crippen LogP) is 1.25. The van der Waals surface area contributed by atoms with Crippen LogP contribution in [0.2, 0.25) is 0 Å². The van der Waals surface area contributed by atoms with Crippen LogP contribution < -0.4 is 5.73 Å². The second kappa shape index (κ2) is 4.60. The molecule has 16 heavy (non-hydrogen) atoms. The summed E-state index contributed by atoms with van der Waals surface area (Å²) in [6.07, 6.45) is 4.36. The van der Waals surface area contributed by atoms with Gasteiger partial charge in [-0.05, 0) is 30.8 Å². The molecule has 2 rings (SSSR count). The van der Waals surface area contributed by atoms with Gasteiger partial charge in [0.15, 0.2) is 0 Å². The predicted molar refractivity (Wildman–Crippen MR) is 61.0 cm³/mol. The molecule has 0 bridgehead atoms. The third-order valence-electron chi connectivity index (χ3n) is 2.39. The SMILES string of the molecule is N#Cc1ccc(-n2cncc2CCN)cc1. The summed E-state index contributed by atoms with van der Waals surface area (Å²) >= 11 is 0. The van der Waals surface area contributed by atoms with Crippen LogP contribution in [0, 0.1) is 11.3 Å². The number of hydrogen-bond acceptors (Lipinski definition) is 3. The van der Waals surface area contributed by atoms with Gasteiger partial charge in [0.1, 0.15) is 0 Å². The molecule has 0 saturated heterocycles. The van der Waals surface area contributed by atoms with Crippen LogP contribution in [0.25, 0.3) is 5.69 Å². The summed E-state index contributed by atoms with van der Waals surface area (Å²) in [4.78, 5) is 4.10. The van der Waals surface area contributed by atoms with Crippen molar-refractivity contribution in [3.05, 3.63) is 48.0 Å². The first-order valence-corrected chi connectivity index (χ1v) is 5.07. The van der Waals surface area contributed by atoms with E-state index in [4.69, 9.17) is 11.0 Å². The zero-order valence-electron chi connectivity index (χ0n) is 8.80. The molecule has 0 amide bonds. The Morgan fingerprint density at radius 1 is 1.31 bits per heavy atom. The first kappa shape index (κ1) is 10.4.